The molecule has 0 fully saturated rings. The third-order valence-electron chi connectivity index (χ3n) is 1.71. The highest BCUT2D eigenvalue weighted by molar-refractivity contribution is 5.97. The van der Waals surface area contributed by atoms with Crippen molar-refractivity contribution in [3.05, 3.63) is 29.3 Å². The van der Waals surface area contributed by atoms with Gasteiger partial charge in [-0.2, -0.15) is 5.10 Å². The van der Waals surface area contributed by atoms with Gasteiger partial charge in [0.05, 0.1) is 6.21 Å². The summed E-state index contributed by atoms with van der Waals surface area (Å²) >= 11 is 0. The van der Waals surface area contributed by atoms with Gasteiger partial charge in [-0.1, -0.05) is 12.1 Å². The van der Waals surface area contributed by atoms with E-state index in [4.69, 9.17) is 11.6 Å². The third kappa shape index (κ3) is 2.05. The van der Waals surface area contributed by atoms with Crippen LogP contribution in [-0.4, -0.2) is 12.0 Å². The van der Waals surface area contributed by atoms with E-state index in [9.17, 15) is 4.79 Å². The number of hydrogen-bond donors (Lipinski definition) is 2. The van der Waals surface area contributed by atoms with Crippen molar-refractivity contribution in [2.45, 2.75) is 6.92 Å². The quantitative estimate of drug-likeness (QED) is 0.230. The number of nitrogen functional groups attached to an aromatic ring is 1. The molecule has 1 aromatic carbocycles. The Labute approximate surface area is 76.2 Å². The summed E-state index contributed by atoms with van der Waals surface area (Å²) in [4.78, 5) is 11.0. The van der Waals surface area contributed by atoms with Crippen LogP contribution in [0.4, 0.5) is 5.69 Å². The molecule has 1 rings (SSSR count). The van der Waals surface area contributed by atoms with E-state index >= 15 is 0 Å². The van der Waals surface area contributed by atoms with Gasteiger partial charge in [-0.05, 0) is 13.0 Å². The summed E-state index contributed by atoms with van der Waals surface area (Å²) in [5.41, 5.74) is 7.45. The minimum atomic E-state index is -0.0112. The molecule has 0 spiro atoms. The molecule has 1 aromatic rings. The first kappa shape index (κ1) is 9.25. The van der Waals surface area contributed by atoms with Crippen molar-refractivity contribution in [3.8, 4) is 0 Å². The zero-order chi connectivity index (χ0) is 9.84. The molecule has 13 heavy (non-hydrogen) atoms. The molecule has 0 aliphatic carbocycles. The summed E-state index contributed by atoms with van der Waals surface area (Å²) in [6.45, 7) is 1.49. The molecule has 0 saturated carbocycles. The Kier molecular flexibility index (Phi) is 2.64. The van der Waals surface area contributed by atoms with Crippen LogP contribution in [-0.2, 0) is 0 Å². The summed E-state index contributed by atoms with van der Waals surface area (Å²) in [7, 11) is 0. The first-order valence-corrected chi connectivity index (χ1v) is 3.79. The second-order valence-electron chi connectivity index (χ2n) is 2.68. The molecular formula is C9H11N3O. The van der Waals surface area contributed by atoms with Crippen molar-refractivity contribution in [3.63, 3.8) is 0 Å². The molecule has 0 atom stereocenters. The van der Waals surface area contributed by atoms with Crippen molar-refractivity contribution in [2.75, 3.05) is 5.73 Å². The van der Waals surface area contributed by atoms with E-state index in [0.717, 1.165) is 0 Å². The van der Waals surface area contributed by atoms with Crippen LogP contribution in [0.1, 0.15) is 22.8 Å². The maximum absolute atomic E-state index is 11.0. The van der Waals surface area contributed by atoms with Crippen molar-refractivity contribution < 1.29 is 4.79 Å². The van der Waals surface area contributed by atoms with Gasteiger partial charge in [0, 0.05) is 16.8 Å². The number of hydrogen-bond acceptors (Lipinski definition) is 4. The Balaban J connectivity index is 3.12. The highest BCUT2D eigenvalue weighted by atomic mass is 16.1. The van der Waals surface area contributed by atoms with E-state index in [-0.39, 0.29) is 5.78 Å². The number of nitrogens with two attached hydrogens (primary N) is 2. The summed E-state index contributed by atoms with van der Waals surface area (Å²) < 4.78 is 0. The van der Waals surface area contributed by atoms with Gasteiger partial charge in [-0.15, -0.1) is 0 Å². The lowest BCUT2D eigenvalue weighted by atomic mass is 10.1. The average molecular weight is 177 g/mol. The van der Waals surface area contributed by atoms with Crippen LogP contribution >= 0.6 is 0 Å². The molecule has 4 nitrogen and oxygen atoms in total. The fourth-order valence-corrected chi connectivity index (χ4v) is 0.992. The first-order valence-electron chi connectivity index (χ1n) is 3.79. The van der Waals surface area contributed by atoms with Crippen LogP contribution in [0.3, 0.4) is 0 Å². The Morgan fingerprint density at radius 2 is 2.23 bits per heavy atom. The van der Waals surface area contributed by atoms with Crippen LogP contribution in [0.25, 0.3) is 0 Å². The second kappa shape index (κ2) is 3.71. The van der Waals surface area contributed by atoms with E-state index in [1.807, 2.05) is 0 Å². The van der Waals surface area contributed by atoms with Crippen LogP contribution in [0.15, 0.2) is 23.3 Å². The Morgan fingerprint density at radius 1 is 1.54 bits per heavy atom. The topological polar surface area (TPSA) is 81.5 Å². The number of Topliss-reactive ketones (excluding diaryl/α,β-unsaturated/α-hetero) is 1. The highest BCUT2D eigenvalue weighted by Gasteiger charge is 2.01. The lowest BCUT2D eigenvalue weighted by molar-refractivity contribution is 0.101. The number of hydrazone groups is 1. The Morgan fingerprint density at radius 3 is 2.69 bits per heavy atom. The van der Waals surface area contributed by atoms with E-state index in [0.29, 0.717) is 16.8 Å². The molecule has 0 aliphatic rings. The second-order valence-corrected chi connectivity index (χ2v) is 2.68. The molecule has 0 heterocycles. The van der Waals surface area contributed by atoms with Crippen LogP contribution in [0.2, 0.25) is 0 Å². The molecule has 4 heteroatoms. The summed E-state index contributed by atoms with van der Waals surface area (Å²) in [5.74, 6) is 4.96. The van der Waals surface area contributed by atoms with Gasteiger partial charge in [0.15, 0.2) is 5.78 Å². The number of anilines is 1. The van der Waals surface area contributed by atoms with Crippen molar-refractivity contribution in [1.82, 2.24) is 0 Å². The highest BCUT2D eigenvalue weighted by Crippen LogP contribution is 2.12. The minimum absolute atomic E-state index is 0.0112. The molecule has 0 aliphatic heterocycles. The molecule has 0 bridgehead atoms. The van der Waals surface area contributed by atoms with E-state index in [2.05, 4.69) is 5.10 Å². The van der Waals surface area contributed by atoms with Crippen molar-refractivity contribution >= 4 is 17.7 Å². The van der Waals surface area contributed by atoms with Crippen LogP contribution in [0.5, 0.6) is 0 Å². The summed E-state index contributed by atoms with van der Waals surface area (Å²) in [5, 5.41) is 3.35. The smallest absolute Gasteiger partial charge is 0.159 e. The maximum atomic E-state index is 11.0. The molecule has 0 unspecified atom stereocenters. The van der Waals surface area contributed by atoms with Gasteiger partial charge >= 0.3 is 0 Å². The summed E-state index contributed by atoms with van der Waals surface area (Å²) in [6.07, 6.45) is 1.44. The monoisotopic (exact) mass is 177 g/mol. The van der Waals surface area contributed by atoms with Gasteiger partial charge in [-0.25, -0.2) is 0 Å². The average Bonchev–Trinajstić information content (AvgIpc) is 2.08. The number of ketones is 1. The summed E-state index contributed by atoms with van der Waals surface area (Å²) in [6, 6.07) is 5.01. The molecule has 68 valence electrons. The van der Waals surface area contributed by atoms with Gasteiger partial charge in [0.1, 0.15) is 0 Å². The van der Waals surface area contributed by atoms with E-state index < -0.39 is 0 Å². The lowest BCUT2D eigenvalue weighted by Gasteiger charge is -2.01. The molecular weight excluding hydrogens is 166 g/mol. The fourth-order valence-electron chi connectivity index (χ4n) is 0.992. The molecule has 0 amide bonds. The zero-order valence-corrected chi connectivity index (χ0v) is 7.32. The first-order chi connectivity index (χ1) is 6.15. The van der Waals surface area contributed by atoms with Crippen LogP contribution < -0.4 is 11.6 Å². The number of carbonyl (C=O) groups excluding carboxylic acids is 1. The Bertz CT molecular complexity index is 358. The van der Waals surface area contributed by atoms with Crippen molar-refractivity contribution in [1.29, 1.82) is 0 Å². The molecule has 0 aromatic heterocycles. The largest absolute Gasteiger partial charge is 0.398 e. The fraction of sp³-hybridized carbons (Fsp3) is 0.111. The van der Waals surface area contributed by atoms with Crippen molar-refractivity contribution in [2.24, 2.45) is 10.9 Å². The molecule has 0 radical (unpaired) electrons. The van der Waals surface area contributed by atoms with E-state index in [1.165, 1.54) is 13.1 Å². The normalized spacial score (nSPS) is 10.5. The SMILES string of the molecule is CC(=O)c1ccc(C=NN)c(N)c1. The number of rotatable bonds is 2. The predicted octanol–water partition coefficient (Wildman–Crippen LogP) is 0.764. The predicted molar refractivity (Wildman–Crippen MR) is 52.6 cm³/mol. The maximum Gasteiger partial charge on any atom is 0.159 e. The van der Waals surface area contributed by atoms with Gasteiger partial charge in [0.2, 0.25) is 0 Å². The van der Waals surface area contributed by atoms with E-state index in [1.54, 1.807) is 18.2 Å². The zero-order valence-electron chi connectivity index (χ0n) is 7.32. The number of benzene rings is 1. The minimum Gasteiger partial charge on any atom is -0.398 e. The lowest BCUT2D eigenvalue weighted by Crippen LogP contribution is -1.99. The third-order valence-corrected chi connectivity index (χ3v) is 1.71. The number of nitrogens with zero attached hydrogens (tertiary/aromatic N) is 1. The van der Waals surface area contributed by atoms with Crippen LogP contribution in [0, 0.1) is 0 Å². The molecule has 4 N–H and O–H groups in total. The van der Waals surface area contributed by atoms with Gasteiger partial charge in [0.25, 0.3) is 0 Å². The van der Waals surface area contributed by atoms with Gasteiger partial charge in [-0.3, -0.25) is 4.79 Å². The Hall–Kier alpha value is -1.84. The molecule has 0 saturated heterocycles. The van der Waals surface area contributed by atoms with Gasteiger partial charge < -0.3 is 11.6 Å². The standard InChI is InChI=1S/C9H11N3O/c1-6(13)7-2-3-8(5-12-11)9(10)4-7/h2-5H,10-11H2,1H3. The number of carbonyl (C=O) groups is 1.